The molecule has 0 saturated heterocycles. The van der Waals surface area contributed by atoms with Gasteiger partial charge in [0.25, 0.3) is 0 Å². The molecule has 6 nitrogen and oxygen atoms in total. The van der Waals surface area contributed by atoms with Crippen LogP contribution in [0.25, 0.3) is 0 Å². The van der Waals surface area contributed by atoms with Crippen molar-refractivity contribution < 1.29 is 24.5 Å². The van der Waals surface area contributed by atoms with Crippen LogP contribution in [0.5, 0.6) is 0 Å². The second-order valence-corrected chi connectivity index (χ2v) is 25.3. The van der Waals surface area contributed by atoms with Gasteiger partial charge in [-0.2, -0.15) is 0 Å². The van der Waals surface area contributed by atoms with Gasteiger partial charge in [-0.25, -0.2) is 0 Å². The van der Waals surface area contributed by atoms with E-state index in [1.54, 1.807) is 6.08 Å². The summed E-state index contributed by atoms with van der Waals surface area (Å²) in [6.07, 6.45) is 93.7. The molecule has 0 aliphatic carbocycles. The Bertz CT molecular complexity index is 1370. The number of allylic oxidation sites excluding steroid dienone is 7. The van der Waals surface area contributed by atoms with Crippen molar-refractivity contribution in [3.63, 3.8) is 0 Å². The molecule has 0 aliphatic rings. The Balaban J connectivity index is 3.37. The largest absolute Gasteiger partial charge is 0.466 e. The molecule has 1 amide bonds. The van der Waals surface area contributed by atoms with Crippen LogP contribution in [-0.4, -0.2) is 47.4 Å². The fraction of sp³-hybridized carbons (Fsp3) is 0.868. The summed E-state index contributed by atoms with van der Waals surface area (Å²) in [5.74, 6) is -0.0538. The highest BCUT2D eigenvalue weighted by Gasteiger charge is 2.18. The Morgan fingerprint density at radius 3 is 0.976 bits per heavy atom. The van der Waals surface area contributed by atoms with Gasteiger partial charge in [0, 0.05) is 12.8 Å². The van der Waals surface area contributed by atoms with E-state index in [0.717, 1.165) is 51.4 Å². The number of ether oxygens (including phenoxy) is 1. The molecule has 6 heteroatoms. The number of carbonyl (C=O) groups is 2. The van der Waals surface area contributed by atoms with Crippen molar-refractivity contribution >= 4 is 11.9 Å². The van der Waals surface area contributed by atoms with Gasteiger partial charge in [0.1, 0.15) is 0 Å². The first-order chi connectivity index (χ1) is 40.5. The zero-order chi connectivity index (χ0) is 59.2. The van der Waals surface area contributed by atoms with Crippen LogP contribution in [0.1, 0.15) is 399 Å². The summed E-state index contributed by atoms with van der Waals surface area (Å²) in [6, 6.07) is -0.626. The first kappa shape index (κ1) is 79.8. The SMILES string of the molecule is CCCC/C=C\CCCCCCCC(=O)OCCCCCCCCCCCCCCCCC/C=C\C/C=C\CCCCCCCCCCCCCCCCCCCC(=O)NC(CO)C(O)/C=C/CCCCCCCCCCCCCCC. The number of esters is 1. The zero-order valence-electron chi connectivity index (χ0n) is 55.2. The summed E-state index contributed by atoms with van der Waals surface area (Å²) in [5, 5.41) is 23.2. The third-order valence-corrected chi connectivity index (χ3v) is 17.1. The Morgan fingerprint density at radius 1 is 0.341 bits per heavy atom. The molecular weight excluding hydrogens is 1010 g/mol. The van der Waals surface area contributed by atoms with Gasteiger partial charge < -0.3 is 20.3 Å². The van der Waals surface area contributed by atoms with E-state index < -0.39 is 12.1 Å². The van der Waals surface area contributed by atoms with Crippen LogP contribution in [0.3, 0.4) is 0 Å². The maximum Gasteiger partial charge on any atom is 0.305 e. The minimum absolute atomic E-state index is 0.00902. The molecule has 0 aromatic rings. The molecule has 82 heavy (non-hydrogen) atoms. The molecule has 0 bridgehead atoms. The van der Waals surface area contributed by atoms with Crippen LogP contribution < -0.4 is 5.32 Å². The minimum Gasteiger partial charge on any atom is -0.466 e. The Labute approximate surface area is 512 Å². The van der Waals surface area contributed by atoms with Gasteiger partial charge in [0.05, 0.1) is 25.4 Å². The fourth-order valence-electron chi connectivity index (χ4n) is 11.4. The van der Waals surface area contributed by atoms with E-state index in [-0.39, 0.29) is 18.5 Å². The quantitative estimate of drug-likeness (QED) is 0.0320. The van der Waals surface area contributed by atoms with Crippen LogP contribution >= 0.6 is 0 Å². The van der Waals surface area contributed by atoms with Gasteiger partial charge in [-0.05, 0) is 83.5 Å². The molecule has 0 aliphatic heterocycles. The maximum atomic E-state index is 12.5. The summed E-state index contributed by atoms with van der Waals surface area (Å²) < 4.78 is 5.47. The predicted octanol–water partition coefficient (Wildman–Crippen LogP) is 24.0. The molecule has 0 rings (SSSR count). The second kappa shape index (κ2) is 71.3. The van der Waals surface area contributed by atoms with E-state index in [2.05, 4.69) is 55.6 Å². The number of hydrogen-bond acceptors (Lipinski definition) is 5. The molecular formula is C76H143NO5. The zero-order valence-corrected chi connectivity index (χ0v) is 55.2. The summed E-state index contributed by atoms with van der Waals surface area (Å²) in [7, 11) is 0. The molecule has 0 aromatic carbocycles. The Kier molecular flexibility index (Phi) is 69.4. The van der Waals surface area contributed by atoms with Gasteiger partial charge in [-0.1, -0.05) is 351 Å². The smallest absolute Gasteiger partial charge is 0.305 e. The third-order valence-electron chi connectivity index (χ3n) is 17.1. The van der Waals surface area contributed by atoms with Gasteiger partial charge in [-0.3, -0.25) is 9.59 Å². The predicted molar refractivity (Wildman–Crippen MR) is 361 cm³/mol. The lowest BCUT2D eigenvalue weighted by molar-refractivity contribution is -0.143. The Hall–Kier alpha value is -2.18. The van der Waals surface area contributed by atoms with Crippen molar-refractivity contribution in [3.8, 4) is 0 Å². The third kappa shape index (κ3) is 67.0. The summed E-state index contributed by atoms with van der Waals surface area (Å²) in [4.78, 5) is 24.5. The molecule has 2 atom stereocenters. The van der Waals surface area contributed by atoms with E-state index >= 15 is 0 Å². The highest BCUT2D eigenvalue weighted by atomic mass is 16.5. The summed E-state index contributed by atoms with van der Waals surface area (Å²) >= 11 is 0. The molecule has 482 valence electrons. The van der Waals surface area contributed by atoms with Gasteiger partial charge in [0.15, 0.2) is 0 Å². The van der Waals surface area contributed by atoms with Crippen molar-refractivity contribution in [2.75, 3.05) is 13.2 Å². The number of aliphatic hydroxyl groups excluding tert-OH is 2. The highest BCUT2D eigenvalue weighted by Crippen LogP contribution is 2.18. The number of unbranched alkanes of at least 4 members (excludes halogenated alkanes) is 52. The molecule has 0 aromatic heterocycles. The van der Waals surface area contributed by atoms with Crippen LogP contribution in [-0.2, 0) is 14.3 Å². The van der Waals surface area contributed by atoms with Crippen molar-refractivity contribution in [2.45, 2.75) is 411 Å². The Morgan fingerprint density at radius 2 is 0.622 bits per heavy atom. The normalized spacial score (nSPS) is 12.8. The van der Waals surface area contributed by atoms with E-state index in [1.165, 1.54) is 321 Å². The van der Waals surface area contributed by atoms with E-state index in [9.17, 15) is 19.8 Å². The van der Waals surface area contributed by atoms with Crippen LogP contribution in [0, 0.1) is 0 Å². The number of nitrogens with one attached hydrogen (secondary N) is 1. The monoisotopic (exact) mass is 1150 g/mol. The van der Waals surface area contributed by atoms with Gasteiger partial charge in [0.2, 0.25) is 5.91 Å². The fourth-order valence-corrected chi connectivity index (χ4v) is 11.4. The van der Waals surface area contributed by atoms with Crippen molar-refractivity contribution in [2.24, 2.45) is 0 Å². The van der Waals surface area contributed by atoms with Crippen LogP contribution in [0.4, 0.5) is 0 Å². The summed E-state index contributed by atoms with van der Waals surface area (Å²) in [5.41, 5.74) is 0. The van der Waals surface area contributed by atoms with Crippen LogP contribution in [0.15, 0.2) is 48.6 Å². The first-order valence-corrected chi connectivity index (χ1v) is 36.9. The lowest BCUT2D eigenvalue weighted by atomic mass is 10.0. The topological polar surface area (TPSA) is 95.9 Å². The van der Waals surface area contributed by atoms with Crippen molar-refractivity contribution in [3.05, 3.63) is 48.6 Å². The lowest BCUT2D eigenvalue weighted by Crippen LogP contribution is -2.45. The van der Waals surface area contributed by atoms with Crippen molar-refractivity contribution in [1.29, 1.82) is 0 Å². The number of rotatable bonds is 69. The molecule has 3 N–H and O–H groups in total. The molecule has 0 radical (unpaired) electrons. The average Bonchev–Trinajstić information content (AvgIpc) is 3.48. The standard InChI is InChI=1S/C76H143NO5/c1-3-5-7-9-11-13-15-16-42-45-49-52-56-60-64-68-74(79)73(72-78)77-75(80)69-65-61-57-53-50-46-43-40-38-36-34-32-30-28-26-24-22-20-18-17-19-21-23-25-27-29-31-33-35-37-39-41-44-47-51-55-59-63-67-71-82-76(81)70-66-62-58-54-48-14-12-10-8-6-4-2/h10,12,17-18,21,23,64,68,73-74,78-79H,3-9,11,13-16,19-20,22,24-63,65-67,69-72H2,1-2H3,(H,77,80)/b12-10-,18-17-,23-21-,68-64+. The number of hydrogen-bond donors (Lipinski definition) is 3. The van der Waals surface area contributed by atoms with Gasteiger partial charge >= 0.3 is 5.97 Å². The molecule has 0 heterocycles. The molecule has 2 unspecified atom stereocenters. The average molecular weight is 1150 g/mol. The highest BCUT2D eigenvalue weighted by molar-refractivity contribution is 5.76. The van der Waals surface area contributed by atoms with Gasteiger partial charge in [-0.15, -0.1) is 0 Å². The molecule has 0 saturated carbocycles. The number of amides is 1. The van der Waals surface area contributed by atoms with Crippen LogP contribution in [0.2, 0.25) is 0 Å². The number of aliphatic hydroxyl groups is 2. The van der Waals surface area contributed by atoms with E-state index in [4.69, 9.17) is 4.74 Å². The molecule has 0 fully saturated rings. The maximum absolute atomic E-state index is 12.5. The minimum atomic E-state index is -0.842. The second-order valence-electron chi connectivity index (χ2n) is 25.3. The summed E-state index contributed by atoms with van der Waals surface area (Å²) in [6.45, 7) is 4.89. The number of carbonyl (C=O) groups excluding carboxylic acids is 2. The van der Waals surface area contributed by atoms with Crippen molar-refractivity contribution in [1.82, 2.24) is 5.32 Å². The lowest BCUT2D eigenvalue weighted by Gasteiger charge is -2.20. The van der Waals surface area contributed by atoms with E-state index in [1.807, 2.05) is 6.08 Å². The molecule has 0 spiro atoms. The van der Waals surface area contributed by atoms with E-state index in [0.29, 0.717) is 19.4 Å². The first-order valence-electron chi connectivity index (χ1n) is 36.9.